The summed E-state index contributed by atoms with van der Waals surface area (Å²) < 4.78 is 23.4. The van der Waals surface area contributed by atoms with Crippen LogP contribution in [0.15, 0.2) is 30.3 Å². The molecule has 0 aliphatic carbocycles. The number of rotatable bonds is 4. The monoisotopic (exact) mass is 298 g/mol. The normalized spacial score (nSPS) is 27.9. The van der Waals surface area contributed by atoms with Gasteiger partial charge in [0.2, 0.25) is 0 Å². The first-order chi connectivity index (χ1) is 9.33. The topological polar surface area (TPSA) is 91.7 Å². The molecule has 0 amide bonds. The van der Waals surface area contributed by atoms with E-state index in [9.17, 15) is 23.4 Å². The van der Waals surface area contributed by atoms with E-state index < -0.39 is 33.2 Å². The summed E-state index contributed by atoms with van der Waals surface area (Å²) in [6, 6.07) is 8.56. The largest absolute Gasteiger partial charge is 0.481 e. The van der Waals surface area contributed by atoms with E-state index in [0.717, 1.165) is 0 Å². The molecule has 2 N–H and O–H groups in total. The fraction of sp³-hybridized carbons (Fsp3) is 0.500. The van der Waals surface area contributed by atoms with Crippen molar-refractivity contribution in [1.82, 2.24) is 0 Å². The standard InChI is InChI=1S/C14H18O5S/c1-2-14(13(16)17,10-6-4-3-5-7-10)11-8-20(18,19)9-12(11)15/h3-7,11-12,15H,2,8-9H2,1H3,(H,16,17). The van der Waals surface area contributed by atoms with Crippen LogP contribution in [0.3, 0.4) is 0 Å². The van der Waals surface area contributed by atoms with Crippen molar-refractivity contribution >= 4 is 15.8 Å². The number of hydrogen-bond donors (Lipinski definition) is 2. The lowest BCUT2D eigenvalue weighted by Crippen LogP contribution is -2.47. The Hall–Kier alpha value is -1.40. The third-order valence-corrected chi connectivity index (χ3v) is 5.90. The van der Waals surface area contributed by atoms with Crippen molar-refractivity contribution in [3.8, 4) is 0 Å². The highest BCUT2D eigenvalue weighted by molar-refractivity contribution is 7.91. The van der Waals surface area contributed by atoms with Crippen LogP contribution in [0.25, 0.3) is 0 Å². The maximum atomic E-state index is 11.9. The molecule has 110 valence electrons. The van der Waals surface area contributed by atoms with Crippen LogP contribution in [0.4, 0.5) is 0 Å². The Bertz CT molecular complexity index is 595. The van der Waals surface area contributed by atoms with Gasteiger partial charge in [0.1, 0.15) is 0 Å². The molecule has 0 radical (unpaired) electrons. The summed E-state index contributed by atoms with van der Waals surface area (Å²) in [5, 5.41) is 19.8. The predicted octanol–water partition coefficient (Wildman–Crippen LogP) is 0.825. The van der Waals surface area contributed by atoms with Gasteiger partial charge in [-0.05, 0) is 12.0 Å². The van der Waals surface area contributed by atoms with Crippen LogP contribution in [0.1, 0.15) is 18.9 Å². The number of benzene rings is 1. The molecule has 1 aliphatic heterocycles. The third-order valence-electron chi connectivity index (χ3n) is 4.18. The van der Waals surface area contributed by atoms with Crippen molar-refractivity contribution in [2.45, 2.75) is 24.9 Å². The molecule has 0 aromatic heterocycles. The summed E-state index contributed by atoms with van der Waals surface area (Å²) >= 11 is 0. The summed E-state index contributed by atoms with van der Waals surface area (Å²) in [6.07, 6.45) is -0.917. The molecule has 3 unspecified atom stereocenters. The highest BCUT2D eigenvalue weighted by Crippen LogP contribution is 2.42. The second-order valence-corrected chi connectivity index (χ2v) is 7.40. The number of aliphatic hydroxyl groups is 1. The number of carboxylic acid groups (broad SMARTS) is 1. The minimum atomic E-state index is -3.39. The van der Waals surface area contributed by atoms with Gasteiger partial charge in [-0.1, -0.05) is 37.3 Å². The molecule has 0 saturated carbocycles. The molecular formula is C14H18O5S. The molecule has 1 aromatic rings. The van der Waals surface area contributed by atoms with Gasteiger partial charge < -0.3 is 10.2 Å². The molecule has 1 fully saturated rings. The van der Waals surface area contributed by atoms with E-state index >= 15 is 0 Å². The molecule has 0 spiro atoms. The van der Waals surface area contributed by atoms with Crippen LogP contribution < -0.4 is 0 Å². The van der Waals surface area contributed by atoms with Crippen molar-refractivity contribution in [1.29, 1.82) is 0 Å². The van der Waals surface area contributed by atoms with Gasteiger partial charge in [-0.15, -0.1) is 0 Å². The lowest BCUT2D eigenvalue weighted by molar-refractivity contribution is -0.147. The Morgan fingerprint density at radius 3 is 2.30 bits per heavy atom. The highest BCUT2D eigenvalue weighted by atomic mass is 32.2. The van der Waals surface area contributed by atoms with Crippen LogP contribution in [-0.2, 0) is 20.0 Å². The fourth-order valence-corrected chi connectivity index (χ4v) is 5.09. The van der Waals surface area contributed by atoms with Crippen molar-refractivity contribution in [3.05, 3.63) is 35.9 Å². The summed E-state index contributed by atoms with van der Waals surface area (Å²) in [5.41, 5.74) is -0.833. The van der Waals surface area contributed by atoms with Gasteiger partial charge in [0.05, 0.1) is 23.0 Å². The molecule has 1 aromatic carbocycles. The first kappa shape index (κ1) is 15.0. The molecule has 2 rings (SSSR count). The van der Waals surface area contributed by atoms with Crippen molar-refractivity contribution in [2.75, 3.05) is 11.5 Å². The fourth-order valence-electron chi connectivity index (χ4n) is 3.15. The van der Waals surface area contributed by atoms with Gasteiger partial charge in [-0.25, -0.2) is 8.42 Å². The zero-order valence-corrected chi connectivity index (χ0v) is 12.0. The molecule has 20 heavy (non-hydrogen) atoms. The number of sulfone groups is 1. The molecule has 3 atom stereocenters. The lowest BCUT2D eigenvalue weighted by atomic mass is 9.67. The maximum absolute atomic E-state index is 11.9. The molecule has 6 heteroatoms. The van der Waals surface area contributed by atoms with E-state index in [-0.39, 0.29) is 17.9 Å². The van der Waals surface area contributed by atoms with Crippen LogP contribution in [-0.4, -0.2) is 42.2 Å². The average Bonchev–Trinajstić information content (AvgIpc) is 2.66. The Balaban J connectivity index is 2.57. The smallest absolute Gasteiger partial charge is 0.314 e. The summed E-state index contributed by atoms with van der Waals surface area (Å²) in [4.78, 5) is 11.9. The van der Waals surface area contributed by atoms with E-state index in [2.05, 4.69) is 0 Å². The van der Waals surface area contributed by atoms with Crippen molar-refractivity contribution in [3.63, 3.8) is 0 Å². The van der Waals surface area contributed by atoms with Gasteiger partial charge in [-0.2, -0.15) is 0 Å². The summed E-state index contributed by atoms with van der Waals surface area (Å²) in [5.74, 6) is -2.56. The minimum Gasteiger partial charge on any atom is -0.481 e. The summed E-state index contributed by atoms with van der Waals surface area (Å²) in [6.45, 7) is 1.71. The second kappa shape index (κ2) is 5.18. The van der Waals surface area contributed by atoms with Gasteiger partial charge in [0.25, 0.3) is 0 Å². The molecular weight excluding hydrogens is 280 g/mol. The van der Waals surface area contributed by atoms with Crippen LogP contribution in [0.2, 0.25) is 0 Å². The lowest BCUT2D eigenvalue weighted by Gasteiger charge is -2.35. The van der Waals surface area contributed by atoms with E-state index in [1.54, 1.807) is 37.3 Å². The molecule has 0 bridgehead atoms. The number of carbonyl (C=O) groups is 1. The minimum absolute atomic E-state index is 0.226. The zero-order valence-electron chi connectivity index (χ0n) is 11.2. The number of aliphatic hydroxyl groups excluding tert-OH is 1. The van der Waals surface area contributed by atoms with Gasteiger partial charge >= 0.3 is 5.97 Å². The van der Waals surface area contributed by atoms with Gasteiger partial charge in [0, 0.05) is 5.92 Å². The van der Waals surface area contributed by atoms with Gasteiger partial charge in [0.15, 0.2) is 9.84 Å². The second-order valence-electron chi connectivity index (χ2n) is 5.25. The number of carboxylic acids is 1. The van der Waals surface area contributed by atoms with E-state index in [0.29, 0.717) is 5.56 Å². The van der Waals surface area contributed by atoms with E-state index in [1.165, 1.54) is 0 Å². The van der Waals surface area contributed by atoms with E-state index in [4.69, 9.17) is 0 Å². The first-order valence-electron chi connectivity index (χ1n) is 6.51. The highest BCUT2D eigenvalue weighted by Gasteiger charge is 2.54. The van der Waals surface area contributed by atoms with Crippen molar-refractivity contribution in [2.24, 2.45) is 5.92 Å². The zero-order chi connectivity index (χ0) is 15.0. The molecule has 1 heterocycles. The summed E-state index contributed by atoms with van der Waals surface area (Å²) in [7, 11) is -3.39. The van der Waals surface area contributed by atoms with Crippen LogP contribution >= 0.6 is 0 Å². The maximum Gasteiger partial charge on any atom is 0.314 e. The Morgan fingerprint density at radius 1 is 1.30 bits per heavy atom. The predicted molar refractivity (Wildman–Crippen MR) is 74.2 cm³/mol. The van der Waals surface area contributed by atoms with Crippen LogP contribution in [0, 0.1) is 5.92 Å². The Labute approximate surface area is 118 Å². The Morgan fingerprint density at radius 2 is 1.90 bits per heavy atom. The average molecular weight is 298 g/mol. The van der Waals surface area contributed by atoms with Crippen LogP contribution in [0.5, 0.6) is 0 Å². The first-order valence-corrected chi connectivity index (χ1v) is 8.33. The number of hydrogen-bond acceptors (Lipinski definition) is 4. The van der Waals surface area contributed by atoms with E-state index in [1.807, 2.05) is 0 Å². The quantitative estimate of drug-likeness (QED) is 0.859. The SMILES string of the molecule is CCC(C(=O)O)(c1ccccc1)C1CS(=O)(=O)CC1O. The van der Waals surface area contributed by atoms with Gasteiger partial charge in [-0.3, -0.25) is 4.79 Å². The number of aliphatic carboxylic acids is 1. The third kappa shape index (κ3) is 2.33. The Kier molecular flexibility index (Phi) is 3.88. The molecule has 1 saturated heterocycles. The molecule has 5 nitrogen and oxygen atoms in total. The van der Waals surface area contributed by atoms with Crippen molar-refractivity contribution < 1.29 is 23.4 Å². The molecule has 1 aliphatic rings.